The van der Waals surface area contributed by atoms with Gasteiger partial charge in [-0.05, 0) is 73.4 Å². The number of azo groups is 1. The van der Waals surface area contributed by atoms with Crippen LogP contribution >= 0.6 is 23.2 Å². The third-order valence-electron chi connectivity index (χ3n) is 10.3. The number of alkyl halides is 2. The van der Waals surface area contributed by atoms with Crippen molar-refractivity contribution in [1.29, 1.82) is 0 Å². The van der Waals surface area contributed by atoms with Crippen molar-refractivity contribution in [2.24, 2.45) is 28.0 Å². The van der Waals surface area contributed by atoms with Gasteiger partial charge in [0, 0.05) is 38.3 Å². The van der Waals surface area contributed by atoms with E-state index < -0.39 is 51.1 Å². The molecule has 0 spiro atoms. The molecule has 7 rings (SSSR count). The molecule has 1 saturated carbocycles. The van der Waals surface area contributed by atoms with Crippen molar-refractivity contribution in [2.75, 3.05) is 44.2 Å². The average molecular weight is 717 g/mol. The number of hydrogen-bond donors (Lipinski definition) is 1. The fourth-order valence-corrected chi connectivity index (χ4v) is 8.96. The van der Waals surface area contributed by atoms with E-state index in [1.54, 1.807) is 48.5 Å². The van der Waals surface area contributed by atoms with E-state index in [0.717, 1.165) is 10.6 Å². The second-order valence-electron chi connectivity index (χ2n) is 13.2. The Hall–Kier alpha value is -4.58. The van der Waals surface area contributed by atoms with E-state index in [1.165, 1.54) is 11.9 Å². The number of aliphatic hydroxyl groups excluding tert-OH is 1. The highest BCUT2D eigenvalue weighted by Crippen LogP contribution is 2.66. The Morgan fingerprint density at radius 1 is 0.880 bits per heavy atom. The van der Waals surface area contributed by atoms with Crippen LogP contribution in [0.5, 0.6) is 5.75 Å². The minimum atomic E-state index is -1.93. The van der Waals surface area contributed by atoms with Crippen molar-refractivity contribution in [3.8, 4) is 5.75 Å². The van der Waals surface area contributed by atoms with Crippen molar-refractivity contribution >= 4 is 69.6 Å². The van der Waals surface area contributed by atoms with Crippen LogP contribution < -0.4 is 14.5 Å². The van der Waals surface area contributed by atoms with Crippen LogP contribution in [0.15, 0.2) is 94.7 Å². The fourth-order valence-electron chi connectivity index (χ4n) is 7.95. The van der Waals surface area contributed by atoms with E-state index in [9.17, 15) is 24.3 Å². The van der Waals surface area contributed by atoms with Crippen LogP contribution in [0.1, 0.15) is 24.3 Å². The molecule has 11 nitrogen and oxygen atoms in total. The first kappa shape index (κ1) is 33.9. The summed E-state index contributed by atoms with van der Waals surface area (Å²) in [4.78, 5) is 56.2. The number of nitrogens with zero attached hydrogens (tertiary/aromatic N) is 5. The fraction of sp³-hybridized carbons (Fsp3) is 0.351. The minimum Gasteiger partial charge on any atom is -0.491 e. The van der Waals surface area contributed by atoms with Gasteiger partial charge in [0.1, 0.15) is 12.4 Å². The predicted octanol–water partition coefficient (Wildman–Crippen LogP) is 5.73. The molecule has 4 aliphatic rings. The zero-order valence-corrected chi connectivity index (χ0v) is 29.1. The largest absolute Gasteiger partial charge is 0.491 e. The number of likely N-dealkylation sites (tertiary alicyclic amines) is 1. The number of halogens is 2. The zero-order valence-electron chi connectivity index (χ0n) is 27.6. The van der Waals surface area contributed by atoms with Crippen molar-refractivity contribution < 1.29 is 29.0 Å². The molecular weight excluding hydrogens is 681 g/mol. The van der Waals surface area contributed by atoms with Gasteiger partial charge in [0.05, 0.1) is 35.5 Å². The van der Waals surface area contributed by atoms with Gasteiger partial charge in [-0.3, -0.25) is 29.0 Å². The van der Waals surface area contributed by atoms with Crippen LogP contribution in [-0.2, 0) is 19.2 Å². The third kappa shape index (κ3) is 5.05. The number of imide groups is 2. The van der Waals surface area contributed by atoms with Gasteiger partial charge in [-0.25, -0.2) is 0 Å². The molecule has 2 saturated heterocycles. The number of rotatable bonds is 8. The Kier molecular flexibility index (Phi) is 8.56. The summed E-state index contributed by atoms with van der Waals surface area (Å²) in [7, 11) is 5.26. The maximum Gasteiger partial charge on any atom is 0.253 e. The van der Waals surface area contributed by atoms with E-state index in [2.05, 4.69) is 10.2 Å². The van der Waals surface area contributed by atoms with Crippen LogP contribution in [0.25, 0.3) is 0 Å². The standard InChI is InChI=1S/C37H35Cl2N5O6/c1-42(2)23-12-8-21(9-13-23)40-41-22-10-14-24(15-11-22)44-32(46)27-17-16-25-28(30(27)33(44)47)20-36(38)34(48)43(3)35(49)37(36,39)31(25)26-6-4-5-7-29(26)50-19-18-45/h4-16,27-28,30-31,45H,17-20H2,1-3H3. The third-order valence-corrected chi connectivity index (χ3v) is 11.8. The van der Waals surface area contributed by atoms with Gasteiger partial charge in [0.25, 0.3) is 11.8 Å². The topological polar surface area (TPSA) is 132 Å². The second kappa shape index (κ2) is 12.6. The quantitative estimate of drug-likeness (QED) is 0.136. The summed E-state index contributed by atoms with van der Waals surface area (Å²) in [5.41, 5.74) is 3.80. The highest BCUT2D eigenvalue weighted by atomic mass is 35.5. The van der Waals surface area contributed by atoms with Gasteiger partial charge in [0.15, 0.2) is 9.75 Å². The maximum absolute atomic E-state index is 14.4. The monoisotopic (exact) mass is 715 g/mol. The summed E-state index contributed by atoms with van der Waals surface area (Å²) >= 11 is 14.6. The molecule has 2 heterocycles. The van der Waals surface area contributed by atoms with Crippen molar-refractivity contribution in [2.45, 2.75) is 28.5 Å². The van der Waals surface area contributed by atoms with Crippen LogP contribution in [-0.4, -0.2) is 77.7 Å². The molecule has 50 heavy (non-hydrogen) atoms. The number of amides is 4. The van der Waals surface area contributed by atoms with Gasteiger partial charge >= 0.3 is 0 Å². The summed E-state index contributed by atoms with van der Waals surface area (Å²) in [5.74, 6) is -4.90. The molecule has 13 heteroatoms. The molecule has 2 aliphatic carbocycles. The number of benzene rings is 3. The number of para-hydroxylation sites is 1. The lowest BCUT2D eigenvalue weighted by Crippen LogP contribution is -2.60. The number of fused-ring (bicyclic) bond motifs is 4. The lowest BCUT2D eigenvalue weighted by molar-refractivity contribution is -0.138. The molecule has 0 radical (unpaired) electrons. The highest BCUT2D eigenvalue weighted by molar-refractivity contribution is 6.53. The molecule has 3 aromatic rings. The van der Waals surface area contributed by atoms with Crippen molar-refractivity contribution in [1.82, 2.24) is 4.90 Å². The summed E-state index contributed by atoms with van der Waals surface area (Å²) in [5, 5.41) is 18.1. The minimum absolute atomic E-state index is 0.0169. The summed E-state index contributed by atoms with van der Waals surface area (Å²) in [6.07, 6.45) is 1.99. The zero-order chi connectivity index (χ0) is 35.5. The van der Waals surface area contributed by atoms with E-state index >= 15 is 0 Å². The van der Waals surface area contributed by atoms with Gasteiger partial charge < -0.3 is 14.7 Å². The van der Waals surface area contributed by atoms with Crippen LogP contribution in [0, 0.1) is 17.8 Å². The lowest BCUT2D eigenvalue weighted by atomic mass is 9.56. The van der Waals surface area contributed by atoms with Gasteiger partial charge in [0.2, 0.25) is 11.8 Å². The van der Waals surface area contributed by atoms with Crippen LogP contribution in [0.3, 0.4) is 0 Å². The Morgan fingerprint density at radius 2 is 1.52 bits per heavy atom. The van der Waals surface area contributed by atoms with E-state index in [4.69, 9.17) is 27.9 Å². The summed E-state index contributed by atoms with van der Waals surface area (Å²) in [6, 6.07) is 21.2. The number of allylic oxidation sites excluding steroid dienone is 2. The molecule has 3 aromatic carbocycles. The van der Waals surface area contributed by atoms with Gasteiger partial charge in [-0.15, -0.1) is 23.2 Å². The number of ether oxygens (including phenoxy) is 1. The summed E-state index contributed by atoms with van der Waals surface area (Å²) in [6.45, 7) is -0.266. The number of hydrogen-bond acceptors (Lipinski definition) is 9. The Balaban J connectivity index is 1.22. The van der Waals surface area contributed by atoms with E-state index in [0.29, 0.717) is 33.9 Å². The Bertz CT molecular complexity index is 1950. The molecule has 6 atom stereocenters. The predicted molar refractivity (Wildman–Crippen MR) is 188 cm³/mol. The van der Waals surface area contributed by atoms with Gasteiger partial charge in [-0.2, -0.15) is 10.2 Å². The Labute approximate surface area is 299 Å². The molecule has 0 bridgehead atoms. The first-order chi connectivity index (χ1) is 23.9. The summed E-state index contributed by atoms with van der Waals surface area (Å²) < 4.78 is 5.87. The lowest BCUT2D eigenvalue weighted by Gasteiger charge is -2.51. The van der Waals surface area contributed by atoms with Crippen molar-refractivity contribution in [3.05, 3.63) is 90.0 Å². The molecule has 4 amide bonds. The number of carbonyl (C=O) groups excluding carboxylic acids is 4. The first-order valence-electron chi connectivity index (χ1n) is 16.3. The SMILES string of the molecule is CN1C(=O)C2(Cl)CC3C(=CCC4C(=O)N(c5ccc(N=Nc6ccc(N(C)C)cc6)cc5)C(=O)C43)C(c3ccccc3OCCO)C2(Cl)C1=O. The van der Waals surface area contributed by atoms with Crippen LogP contribution in [0.2, 0.25) is 0 Å². The van der Waals surface area contributed by atoms with E-state index in [-0.39, 0.29) is 32.0 Å². The van der Waals surface area contributed by atoms with E-state index in [1.807, 2.05) is 49.3 Å². The Morgan fingerprint density at radius 3 is 2.16 bits per heavy atom. The normalized spacial score (nSPS) is 28.9. The smallest absolute Gasteiger partial charge is 0.253 e. The first-order valence-corrected chi connectivity index (χ1v) is 17.1. The second-order valence-corrected chi connectivity index (χ2v) is 14.5. The molecule has 258 valence electrons. The maximum atomic E-state index is 14.4. The van der Waals surface area contributed by atoms with Crippen LogP contribution in [0.4, 0.5) is 22.7 Å². The molecular formula is C37H35Cl2N5O6. The molecule has 2 aliphatic heterocycles. The molecule has 6 unspecified atom stereocenters. The molecule has 3 fully saturated rings. The number of anilines is 2. The molecule has 0 aromatic heterocycles. The highest BCUT2D eigenvalue weighted by Gasteiger charge is 2.76. The average Bonchev–Trinajstić information content (AvgIpc) is 3.45. The molecule has 1 N–H and O–H groups in total. The number of aliphatic hydroxyl groups is 1. The van der Waals surface area contributed by atoms with Gasteiger partial charge in [-0.1, -0.05) is 29.8 Å². The van der Waals surface area contributed by atoms with Crippen molar-refractivity contribution in [3.63, 3.8) is 0 Å². The number of carbonyl (C=O) groups is 4.